The van der Waals surface area contributed by atoms with Crippen molar-refractivity contribution in [2.24, 2.45) is 0 Å². The van der Waals surface area contributed by atoms with Gasteiger partial charge in [-0.05, 0) is 23.3 Å². The average molecular weight is 327 g/mol. The summed E-state index contributed by atoms with van der Waals surface area (Å²) in [4.78, 5) is 0. The van der Waals surface area contributed by atoms with Gasteiger partial charge in [0.1, 0.15) is 0 Å². The Balaban J connectivity index is 2.35. The molecule has 116 valence electrons. The molecule has 2 aromatic carbocycles. The van der Waals surface area contributed by atoms with Gasteiger partial charge in [-0.2, -0.15) is 21.6 Å². The SMILES string of the molecule is CC1c2ccccc2N(S(=O)(=O)C(F)(F)F)c2ccccc21. The predicted octanol–water partition coefficient (Wildman–Crippen LogP) is 4.14. The summed E-state index contributed by atoms with van der Waals surface area (Å²) < 4.78 is 63.7. The number of benzene rings is 2. The van der Waals surface area contributed by atoms with E-state index in [2.05, 4.69) is 0 Å². The quantitative estimate of drug-likeness (QED) is 0.789. The van der Waals surface area contributed by atoms with Crippen molar-refractivity contribution in [1.82, 2.24) is 0 Å². The number of hydrogen-bond donors (Lipinski definition) is 0. The van der Waals surface area contributed by atoms with Crippen LogP contribution >= 0.6 is 0 Å². The molecule has 0 saturated carbocycles. The third-order valence-corrected chi connectivity index (χ3v) is 5.24. The summed E-state index contributed by atoms with van der Waals surface area (Å²) >= 11 is 0. The van der Waals surface area contributed by atoms with Crippen LogP contribution in [0.1, 0.15) is 24.0 Å². The molecule has 1 heterocycles. The molecule has 0 unspecified atom stereocenters. The molecule has 0 N–H and O–H groups in total. The summed E-state index contributed by atoms with van der Waals surface area (Å²) in [5.74, 6) is -0.188. The second kappa shape index (κ2) is 4.74. The lowest BCUT2D eigenvalue weighted by Crippen LogP contribution is -2.40. The monoisotopic (exact) mass is 327 g/mol. The summed E-state index contributed by atoms with van der Waals surface area (Å²) in [5.41, 5.74) is -4.17. The highest BCUT2D eigenvalue weighted by atomic mass is 32.2. The van der Waals surface area contributed by atoms with E-state index in [-0.39, 0.29) is 17.3 Å². The Morgan fingerprint density at radius 2 is 1.32 bits per heavy atom. The van der Waals surface area contributed by atoms with Crippen LogP contribution in [0.5, 0.6) is 0 Å². The molecule has 7 heteroatoms. The first-order chi connectivity index (χ1) is 10.2. The van der Waals surface area contributed by atoms with Crippen LogP contribution in [0.3, 0.4) is 0 Å². The first kappa shape index (κ1) is 14.9. The average Bonchev–Trinajstić information content (AvgIpc) is 2.46. The van der Waals surface area contributed by atoms with Gasteiger partial charge in [-0.1, -0.05) is 43.3 Å². The summed E-state index contributed by atoms with van der Waals surface area (Å²) in [6.45, 7) is 1.84. The van der Waals surface area contributed by atoms with Crippen LogP contribution in [0.4, 0.5) is 24.5 Å². The molecule has 0 amide bonds. The zero-order chi connectivity index (χ0) is 16.1. The van der Waals surface area contributed by atoms with Crippen molar-refractivity contribution < 1.29 is 21.6 Å². The fraction of sp³-hybridized carbons (Fsp3) is 0.200. The van der Waals surface area contributed by atoms with Gasteiger partial charge in [-0.3, -0.25) is 0 Å². The summed E-state index contributed by atoms with van der Waals surface area (Å²) in [6, 6.07) is 12.5. The minimum atomic E-state index is -5.52. The number of hydrogen-bond acceptors (Lipinski definition) is 2. The Hall–Kier alpha value is -2.02. The Kier molecular flexibility index (Phi) is 3.21. The molecular weight excluding hydrogens is 315 g/mol. The van der Waals surface area contributed by atoms with Crippen molar-refractivity contribution in [2.45, 2.75) is 18.3 Å². The van der Waals surface area contributed by atoms with Gasteiger partial charge in [0.05, 0.1) is 11.4 Å². The Labute approximate surface area is 126 Å². The molecule has 1 aliphatic rings. The molecular formula is C15H12F3NO2S. The van der Waals surface area contributed by atoms with Crippen molar-refractivity contribution in [1.29, 1.82) is 0 Å². The molecule has 0 spiro atoms. The van der Waals surface area contributed by atoms with E-state index in [1.54, 1.807) is 24.3 Å². The molecule has 2 aromatic rings. The van der Waals surface area contributed by atoms with E-state index in [9.17, 15) is 21.6 Å². The fourth-order valence-corrected chi connectivity index (χ4v) is 3.79. The minimum Gasteiger partial charge on any atom is -0.230 e. The number of para-hydroxylation sites is 2. The maximum Gasteiger partial charge on any atom is 0.517 e. The normalized spacial score (nSPS) is 15.4. The van der Waals surface area contributed by atoms with E-state index in [1.165, 1.54) is 24.3 Å². The van der Waals surface area contributed by atoms with Crippen LogP contribution in [0.2, 0.25) is 0 Å². The second-order valence-corrected chi connectivity index (χ2v) is 6.83. The van der Waals surface area contributed by atoms with Crippen molar-refractivity contribution in [3.63, 3.8) is 0 Å². The molecule has 1 aliphatic heterocycles. The van der Waals surface area contributed by atoms with E-state index in [1.807, 2.05) is 6.92 Å². The minimum absolute atomic E-state index is 0.0472. The third kappa shape index (κ3) is 1.99. The van der Waals surface area contributed by atoms with E-state index in [0.717, 1.165) is 0 Å². The zero-order valence-electron chi connectivity index (χ0n) is 11.5. The van der Waals surface area contributed by atoms with Gasteiger partial charge in [0.2, 0.25) is 0 Å². The van der Waals surface area contributed by atoms with E-state index in [4.69, 9.17) is 0 Å². The first-order valence-electron chi connectivity index (χ1n) is 6.54. The lowest BCUT2D eigenvalue weighted by atomic mass is 9.87. The molecule has 0 bridgehead atoms. The predicted molar refractivity (Wildman–Crippen MR) is 77.5 cm³/mol. The highest BCUT2D eigenvalue weighted by Crippen LogP contribution is 2.48. The van der Waals surface area contributed by atoms with Gasteiger partial charge in [-0.15, -0.1) is 0 Å². The van der Waals surface area contributed by atoms with Gasteiger partial charge in [0.15, 0.2) is 0 Å². The van der Waals surface area contributed by atoms with E-state index >= 15 is 0 Å². The summed E-state index contributed by atoms with van der Waals surface area (Å²) in [7, 11) is -5.52. The smallest absolute Gasteiger partial charge is 0.230 e. The van der Waals surface area contributed by atoms with Crippen molar-refractivity contribution >= 4 is 21.4 Å². The molecule has 0 aromatic heterocycles. The second-order valence-electron chi connectivity index (χ2n) is 5.05. The molecule has 3 rings (SSSR count). The molecule has 3 nitrogen and oxygen atoms in total. The van der Waals surface area contributed by atoms with Gasteiger partial charge in [0.25, 0.3) is 0 Å². The highest BCUT2D eigenvalue weighted by Gasteiger charge is 2.52. The number of sulfonamides is 1. The Morgan fingerprint density at radius 3 is 1.73 bits per heavy atom. The van der Waals surface area contributed by atoms with Crippen molar-refractivity contribution in [3.05, 3.63) is 59.7 Å². The molecule has 22 heavy (non-hydrogen) atoms. The van der Waals surface area contributed by atoms with Crippen LogP contribution in [0, 0.1) is 0 Å². The van der Waals surface area contributed by atoms with Crippen LogP contribution in [-0.4, -0.2) is 13.9 Å². The first-order valence-corrected chi connectivity index (χ1v) is 7.98. The lowest BCUT2D eigenvalue weighted by Gasteiger charge is -2.35. The molecule has 0 fully saturated rings. The fourth-order valence-electron chi connectivity index (χ4n) is 2.74. The van der Waals surface area contributed by atoms with Gasteiger partial charge in [-0.25, -0.2) is 4.31 Å². The maximum atomic E-state index is 13.1. The number of alkyl halides is 3. The van der Waals surface area contributed by atoms with Crippen molar-refractivity contribution in [3.8, 4) is 0 Å². The Bertz CT molecular complexity index is 783. The molecule has 0 radical (unpaired) electrons. The van der Waals surface area contributed by atoms with Crippen molar-refractivity contribution in [2.75, 3.05) is 4.31 Å². The van der Waals surface area contributed by atoms with Crippen LogP contribution in [-0.2, 0) is 10.0 Å². The van der Waals surface area contributed by atoms with Gasteiger partial charge >= 0.3 is 15.5 Å². The third-order valence-electron chi connectivity index (χ3n) is 3.78. The number of rotatable bonds is 1. The number of halogens is 3. The summed E-state index contributed by atoms with van der Waals surface area (Å²) in [5, 5.41) is 0. The van der Waals surface area contributed by atoms with Crippen LogP contribution in [0.15, 0.2) is 48.5 Å². The molecule has 0 saturated heterocycles. The highest BCUT2D eigenvalue weighted by molar-refractivity contribution is 7.94. The number of fused-ring (bicyclic) bond motifs is 2. The molecule has 0 aliphatic carbocycles. The lowest BCUT2D eigenvalue weighted by molar-refractivity contribution is -0.0435. The van der Waals surface area contributed by atoms with Crippen LogP contribution in [0.25, 0.3) is 0 Å². The standard InChI is InChI=1S/C15H12F3NO2S/c1-10-11-6-2-4-8-13(11)19(22(20,21)15(16,17)18)14-9-5-3-7-12(10)14/h2-10H,1H3. The number of anilines is 2. The topological polar surface area (TPSA) is 37.4 Å². The van der Waals surface area contributed by atoms with Gasteiger partial charge < -0.3 is 0 Å². The zero-order valence-corrected chi connectivity index (χ0v) is 12.3. The van der Waals surface area contributed by atoms with Gasteiger partial charge in [0, 0.05) is 5.92 Å². The summed E-state index contributed by atoms with van der Waals surface area (Å²) in [6.07, 6.45) is 0. The number of nitrogens with zero attached hydrogens (tertiary/aromatic N) is 1. The largest absolute Gasteiger partial charge is 0.517 e. The maximum absolute atomic E-state index is 13.1. The Morgan fingerprint density at radius 1 is 0.909 bits per heavy atom. The van der Waals surface area contributed by atoms with Crippen LogP contribution < -0.4 is 4.31 Å². The van der Waals surface area contributed by atoms with E-state index in [0.29, 0.717) is 15.4 Å². The van der Waals surface area contributed by atoms with E-state index < -0.39 is 15.5 Å². The molecule has 0 atom stereocenters.